The maximum Gasteiger partial charge on any atom is 0.249 e. The molecular weight excluding hydrogens is 258 g/mol. The minimum absolute atomic E-state index is 0.0205. The van der Waals surface area contributed by atoms with Crippen molar-refractivity contribution in [3.8, 4) is 0 Å². The molecule has 1 aliphatic heterocycles. The van der Waals surface area contributed by atoms with Crippen molar-refractivity contribution in [3.05, 3.63) is 0 Å². The molecule has 0 spiro atoms. The average molecular weight is 281 g/mol. The molecule has 0 aromatic carbocycles. The summed E-state index contributed by atoms with van der Waals surface area (Å²) in [4.78, 5) is 37.5. The molecule has 0 radical (unpaired) electrons. The Hall–Kier alpha value is -1.43. The molecule has 3 amide bonds. The van der Waals surface area contributed by atoms with Crippen LogP contribution in [0.1, 0.15) is 39.5 Å². The van der Waals surface area contributed by atoms with E-state index in [1.54, 1.807) is 0 Å². The van der Waals surface area contributed by atoms with Gasteiger partial charge in [0.1, 0.15) is 12.6 Å². The number of hydrogen-bond donors (Lipinski definition) is 2. The largest absolute Gasteiger partial charge is 0.327 e. The van der Waals surface area contributed by atoms with Crippen LogP contribution in [0.2, 0.25) is 0 Å². The molecule has 3 N–H and O–H groups in total. The maximum atomic E-state index is 12.7. The second kappa shape index (κ2) is 5.91. The van der Waals surface area contributed by atoms with Gasteiger partial charge in [-0.1, -0.05) is 20.3 Å². The first kappa shape index (κ1) is 15.0. The van der Waals surface area contributed by atoms with Gasteiger partial charge < -0.3 is 10.6 Å². The number of imide groups is 1. The van der Waals surface area contributed by atoms with E-state index < -0.39 is 11.9 Å². The molecule has 1 aliphatic carbocycles. The van der Waals surface area contributed by atoms with Gasteiger partial charge in [-0.3, -0.25) is 19.7 Å². The van der Waals surface area contributed by atoms with Crippen LogP contribution in [0.4, 0.5) is 0 Å². The van der Waals surface area contributed by atoms with Crippen LogP contribution in [-0.2, 0) is 14.4 Å². The molecular formula is C14H23N3O3. The predicted molar refractivity (Wildman–Crippen MR) is 73.4 cm³/mol. The van der Waals surface area contributed by atoms with Crippen molar-refractivity contribution in [2.75, 3.05) is 6.54 Å². The maximum absolute atomic E-state index is 12.7. The number of carbonyl (C=O) groups is 3. The first-order chi connectivity index (χ1) is 9.45. The van der Waals surface area contributed by atoms with Crippen LogP contribution in [0.5, 0.6) is 0 Å². The van der Waals surface area contributed by atoms with Gasteiger partial charge >= 0.3 is 0 Å². The molecule has 6 heteroatoms. The molecule has 0 aromatic heterocycles. The van der Waals surface area contributed by atoms with Crippen molar-refractivity contribution in [1.82, 2.24) is 10.2 Å². The minimum Gasteiger partial charge on any atom is -0.327 e. The summed E-state index contributed by atoms with van der Waals surface area (Å²) < 4.78 is 0. The van der Waals surface area contributed by atoms with E-state index in [0.29, 0.717) is 6.42 Å². The zero-order valence-electron chi connectivity index (χ0n) is 12.1. The van der Waals surface area contributed by atoms with Crippen molar-refractivity contribution < 1.29 is 14.4 Å². The molecule has 2 rings (SSSR count). The lowest BCUT2D eigenvalue weighted by atomic mass is 9.76. The standard InChI is InChI=1S/C14H23N3O3/c1-3-11-13(19)16-12(18)7-17(11)14(20)9-5-4-6-10(15)8(9)2/h8-11H,3-7,15H2,1-2H3,(H,16,18,19). The monoisotopic (exact) mass is 281 g/mol. The first-order valence-corrected chi connectivity index (χ1v) is 7.35. The van der Waals surface area contributed by atoms with E-state index in [0.717, 1.165) is 19.3 Å². The molecule has 1 saturated carbocycles. The zero-order valence-corrected chi connectivity index (χ0v) is 12.1. The van der Waals surface area contributed by atoms with E-state index in [9.17, 15) is 14.4 Å². The highest BCUT2D eigenvalue weighted by Crippen LogP contribution is 2.31. The van der Waals surface area contributed by atoms with Gasteiger partial charge in [0.05, 0.1) is 0 Å². The van der Waals surface area contributed by atoms with E-state index in [-0.39, 0.29) is 36.2 Å². The van der Waals surface area contributed by atoms with E-state index in [1.165, 1.54) is 4.90 Å². The van der Waals surface area contributed by atoms with Gasteiger partial charge in [0, 0.05) is 12.0 Å². The second-order valence-electron chi connectivity index (χ2n) is 5.86. The van der Waals surface area contributed by atoms with Gasteiger partial charge in [-0.15, -0.1) is 0 Å². The molecule has 4 unspecified atom stereocenters. The third-order valence-electron chi connectivity index (χ3n) is 4.61. The Labute approximate surface area is 119 Å². The van der Waals surface area contributed by atoms with Crippen LogP contribution in [0.15, 0.2) is 0 Å². The number of nitrogens with one attached hydrogen (secondary N) is 1. The zero-order chi connectivity index (χ0) is 14.9. The molecule has 1 saturated heterocycles. The lowest BCUT2D eigenvalue weighted by Crippen LogP contribution is -2.61. The summed E-state index contributed by atoms with van der Waals surface area (Å²) in [5.74, 6) is -0.950. The van der Waals surface area contributed by atoms with Crippen molar-refractivity contribution in [1.29, 1.82) is 0 Å². The Morgan fingerprint density at radius 3 is 2.75 bits per heavy atom. The van der Waals surface area contributed by atoms with Crippen LogP contribution in [0.3, 0.4) is 0 Å². The summed E-state index contributed by atoms with van der Waals surface area (Å²) in [6.45, 7) is 3.80. The SMILES string of the molecule is CCC1C(=O)NC(=O)CN1C(=O)C1CCCC(N)C1C. The van der Waals surface area contributed by atoms with Gasteiger partial charge in [0.2, 0.25) is 17.7 Å². The highest BCUT2D eigenvalue weighted by Gasteiger charge is 2.41. The van der Waals surface area contributed by atoms with Gasteiger partial charge in [-0.05, 0) is 25.2 Å². The van der Waals surface area contributed by atoms with E-state index in [1.807, 2.05) is 13.8 Å². The molecule has 2 fully saturated rings. The summed E-state index contributed by atoms with van der Waals surface area (Å²) in [5, 5.41) is 2.29. The summed E-state index contributed by atoms with van der Waals surface area (Å²) in [7, 11) is 0. The van der Waals surface area contributed by atoms with Crippen LogP contribution in [0, 0.1) is 11.8 Å². The van der Waals surface area contributed by atoms with Gasteiger partial charge in [-0.2, -0.15) is 0 Å². The highest BCUT2D eigenvalue weighted by atomic mass is 16.2. The number of hydrogen-bond acceptors (Lipinski definition) is 4. The van der Waals surface area contributed by atoms with E-state index in [4.69, 9.17) is 5.73 Å². The van der Waals surface area contributed by atoms with Crippen LogP contribution >= 0.6 is 0 Å². The van der Waals surface area contributed by atoms with Crippen molar-refractivity contribution >= 4 is 17.7 Å². The fourth-order valence-electron chi connectivity index (χ4n) is 3.26. The fraction of sp³-hybridized carbons (Fsp3) is 0.786. The lowest BCUT2D eigenvalue weighted by Gasteiger charge is -2.40. The predicted octanol–water partition coefficient (Wildman–Crippen LogP) is 0.0135. The smallest absolute Gasteiger partial charge is 0.249 e. The normalized spacial score (nSPS) is 34.9. The number of rotatable bonds is 2. The highest BCUT2D eigenvalue weighted by molar-refractivity contribution is 6.04. The number of carbonyl (C=O) groups excluding carboxylic acids is 3. The molecule has 0 bridgehead atoms. The van der Waals surface area contributed by atoms with Crippen molar-refractivity contribution in [2.24, 2.45) is 17.6 Å². The third-order valence-corrected chi connectivity index (χ3v) is 4.61. The van der Waals surface area contributed by atoms with Crippen LogP contribution < -0.4 is 11.1 Å². The Morgan fingerprint density at radius 2 is 2.10 bits per heavy atom. The number of amides is 3. The minimum atomic E-state index is -0.537. The molecule has 2 aliphatic rings. The Morgan fingerprint density at radius 1 is 1.40 bits per heavy atom. The Balaban J connectivity index is 2.17. The van der Waals surface area contributed by atoms with Gasteiger partial charge in [-0.25, -0.2) is 0 Å². The topological polar surface area (TPSA) is 92.5 Å². The van der Waals surface area contributed by atoms with Crippen molar-refractivity contribution in [2.45, 2.75) is 51.6 Å². The Kier molecular flexibility index (Phi) is 4.42. The molecule has 1 heterocycles. The third kappa shape index (κ3) is 2.70. The van der Waals surface area contributed by atoms with E-state index in [2.05, 4.69) is 5.32 Å². The lowest BCUT2D eigenvalue weighted by molar-refractivity contribution is -0.154. The number of nitrogens with zero attached hydrogens (tertiary/aromatic N) is 1. The number of piperazine rings is 1. The summed E-state index contributed by atoms with van der Waals surface area (Å²) >= 11 is 0. The quantitative estimate of drug-likeness (QED) is 0.698. The molecule has 20 heavy (non-hydrogen) atoms. The molecule has 4 atom stereocenters. The fourth-order valence-corrected chi connectivity index (χ4v) is 3.26. The van der Waals surface area contributed by atoms with Gasteiger partial charge in [0.25, 0.3) is 0 Å². The summed E-state index contributed by atoms with van der Waals surface area (Å²) in [6, 6.07) is -0.516. The molecule has 0 aromatic rings. The summed E-state index contributed by atoms with van der Waals surface area (Å²) in [6.07, 6.45) is 3.16. The summed E-state index contributed by atoms with van der Waals surface area (Å²) in [5.41, 5.74) is 6.04. The van der Waals surface area contributed by atoms with E-state index >= 15 is 0 Å². The number of nitrogens with two attached hydrogens (primary N) is 1. The van der Waals surface area contributed by atoms with Crippen molar-refractivity contribution in [3.63, 3.8) is 0 Å². The van der Waals surface area contributed by atoms with Gasteiger partial charge in [0.15, 0.2) is 0 Å². The van der Waals surface area contributed by atoms with Crippen LogP contribution in [0.25, 0.3) is 0 Å². The second-order valence-corrected chi connectivity index (χ2v) is 5.86. The molecule has 6 nitrogen and oxygen atoms in total. The Bertz CT molecular complexity index is 424. The molecule has 112 valence electrons. The average Bonchev–Trinajstić information content (AvgIpc) is 2.40. The first-order valence-electron chi connectivity index (χ1n) is 7.35. The van der Waals surface area contributed by atoms with Crippen LogP contribution in [-0.4, -0.2) is 41.2 Å².